The Bertz CT molecular complexity index is 1180. The molecule has 35 heavy (non-hydrogen) atoms. The van der Waals surface area contributed by atoms with Crippen LogP contribution in [-0.2, 0) is 23.1 Å². The molecule has 184 valence electrons. The Morgan fingerprint density at radius 3 is 2.54 bits per heavy atom. The first-order valence-electron chi connectivity index (χ1n) is 10.9. The Morgan fingerprint density at radius 2 is 1.80 bits per heavy atom. The summed E-state index contributed by atoms with van der Waals surface area (Å²) in [6.45, 7) is -0.237. The third kappa shape index (κ3) is 5.48. The standard InChI is InChI=1S/C26H24F3NO5/c27-26(28,29)19-5-3-4-17(12-19)13-30-14-21(32)15-35-25(18-8-10-20(31)11-9-18)16-34-23-7-2-1-6-22(23)24(25)33/h1-12,21,30-32H,13-16H2/t21-,25?/m1/s1. The minimum absolute atomic E-state index is 0.0207. The first-order valence-corrected chi connectivity index (χ1v) is 10.9. The minimum Gasteiger partial charge on any atom is -0.508 e. The Hall–Kier alpha value is -3.40. The minimum atomic E-state index is -4.43. The van der Waals surface area contributed by atoms with Crippen molar-refractivity contribution in [2.24, 2.45) is 0 Å². The summed E-state index contributed by atoms with van der Waals surface area (Å²) in [5.74, 6) is 0.111. The van der Waals surface area contributed by atoms with Crippen LogP contribution in [0.3, 0.4) is 0 Å². The molecule has 0 amide bonds. The van der Waals surface area contributed by atoms with Gasteiger partial charge in [-0.3, -0.25) is 4.79 Å². The van der Waals surface area contributed by atoms with Crippen molar-refractivity contribution in [3.63, 3.8) is 0 Å². The van der Waals surface area contributed by atoms with Gasteiger partial charge in [0, 0.05) is 13.1 Å². The van der Waals surface area contributed by atoms with E-state index >= 15 is 0 Å². The number of hydrogen-bond donors (Lipinski definition) is 3. The van der Waals surface area contributed by atoms with Crippen LogP contribution >= 0.6 is 0 Å². The predicted molar refractivity (Wildman–Crippen MR) is 121 cm³/mol. The molecule has 4 rings (SSSR count). The summed E-state index contributed by atoms with van der Waals surface area (Å²) in [7, 11) is 0. The van der Waals surface area contributed by atoms with E-state index in [1.54, 1.807) is 42.5 Å². The van der Waals surface area contributed by atoms with Gasteiger partial charge in [0.15, 0.2) is 5.60 Å². The van der Waals surface area contributed by atoms with Gasteiger partial charge in [0.25, 0.3) is 0 Å². The Kier molecular flexibility index (Phi) is 7.11. The number of halogens is 3. The fourth-order valence-corrected chi connectivity index (χ4v) is 3.92. The van der Waals surface area contributed by atoms with Gasteiger partial charge in [-0.15, -0.1) is 0 Å². The number of para-hydroxylation sites is 1. The van der Waals surface area contributed by atoms with Gasteiger partial charge in [-0.2, -0.15) is 13.2 Å². The van der Waals surface area contributed by atoms with Gasteiger partial charge in [-0.05, 0) is 41.5 Å². The second kappa shape index (κ2) is 10.1. The van der Waals surface area contributed by atoms with E-state index in [-0.39, 0.29) is 37.8 Å². The summed E-state index contributed by atoms with van der Waals surface area (Å²) < 4.78 is 50.5. The van der Waals surface area contributed by atoms with E-state index in [1.165, 1.54) is 18.2 Å². The topological polar surface area (TPSA) is 88.0 Å². The third-order valence-electron chi connectivity index (χ3n) is 5.75. The highest BCUT2D eigenvalue weighted by molar-refractivity contribution is 6.06. The highest BCUT2D eigenvalue weighted by Crippen LogP contribution is 2.38. The fourth-order valence-electron chi connectivity index (χ4n) is 3.92. The number of phenols is 1. The van der Waals surface area contributed by atoms with Crippen LogP contribution in [0.15, 0.2) is 72.8 Å². The van der Waals surface area contributed by atoms with Gasteiger partial charge in [0.2, 0.25) is 5.78 Å². The number of nitrogens with one attached hydrogen (secondary N) is 1. The molecule has 1 aliphatic heterocycles. The normalized spacial score (nSPS) is 18.6. The average molecular weight is 487 g/mol. The van der Waals surface area contributed by atoms with Gasteiger partial charge < -0.3 is 25.0 Å². The van der Waals surface area contributed by atoms with Crippen LogP contribution < -0.4 is 10.1 Å². The van der Waals surface area contributed by atoms with Crippen molar-refractivity contribution in [1.82, 2.24) is 5.32 Å². The zero-order valence-corrected chi connectivity index (χ0v) is 18.6. The Morgan fingerprint density at radius 1 is 1.06 bits per heavy atom. The molecule has 1 aliphatic rings. The highest BCUT2D eigenvalue weighted by atomic mass is 19.4. The first kappa shape index (κ1) is 24.7. The molecule has 0 radical (unpaired) electrons. The number of ether oxygens (including phenoxy) is 2. The number of phenolic OH excluding ortho intramolecular Hbond substituents is 1. The predicted octanol–water partition coefficient (Wildman–Crippen LogP) is 4.05. The number of aliphatic hydroxyl groups is 1. The number of hydrogen-bond acceptors (Lipinski definition) is 6. The monoisotopic (exact) mass is 487 g/mol. The number of Topliss-reactive ketones (excluding diaryl/α,β-unsaturated/α-hetero) is 1. The summed E-state index contributed by atoms with van der Waals surface area (Å²) in [4.78, 5) is 13.5. The zero-order valence-electron chi connectivity index (χ0n) is 18.6. The largest absolute Gasteiger partial charge is 0.508 e. The first-order chi connectivity index (χ1) is 16.7. The van der Waals surface area contributed by atoms with Crippen LogP contribution in [0.5, 0.6) is 11.5 Å². The molecule has 3 N–H and O–H groups in total. The van der Waals surface area contributed by atoms with E-state index in [1.807, 2.05) is 0 Å². The molecule has 0 saturated carbocycles. The van der Waals surface area contributed by atoms with Crippen LogP contribution in [0.25, 0.3) is 0 Å². The fraction of sp³-hybridized carbons (Fsp3) is 0.269. The molecule has 2 atom stereocenters. The lowest BCUT2D eigenvalue weighted by molar-refractivity contribution is -0.137. The molecule has 3 aromatic rings. The van der Waals surface area contributed by atoms with Crippen LogP contribution in [0.4, 0.5) is 13.2 Å². The molecule has 0 saturated heterocycles. The molecule has 3 aromatic carbocycles. The van der Waals surface area contributed by atoms with Crippen LogP contribution in [-0.4, -0.2) is 41.9 Å². The van der Waals surface area contributed by atoms with Crippen molar-refractivity contribution in [2.45, 2.75) is 24.4 Å². The van der Waals surface area contributed by atoms with Crippen molar-refractivity contribution in [3.8, 4) is 11.5 Å². The van der Waals surface area contributed by atoms with Crippen molar-refractivity contribution in [3.05, 3.63) is 95.1 Å². The van der Waals surface area contributed by atoms with E-state index in [0.717, 1.165) is 12.1 Å². The van der Waals surface area contributed by atoms with Gasteiger partial charge in [0.1, 0.15) is 18.1 Å². The van der Waals surface area contributed by atoms with Crippen LogP contribution in [0, 0.1) is 0 Å². The number of alkyl halides is 3. The number of carbonyl (C=O) groups is 1. The number of fused-ring (bicyclic) bond motifs is 1. The maximum Gasteiger partial charge on any atom is 0.416 e. The van der Waals surface area contributed by atoms with Crippen LogP contribution in [0.1, 0.15) is 27.0 Å². The lowest BCUT2D eigenvalue weighted by atomic mass is 9.84. The lowest BCUT2D eigenvalue weighted by Gasteiger charge is -2.37. The maximum atomic E-state index is 13.5. The summed E-state index contributed by atoms with van der Waals surface area (Å²) in [5, 5.41) is 23.0. The molecule has 0 aromatic heterocycles. The molecular weight excluding hydrogens is 463 g/mol. The highest BCUT2D eigenvalue weighted by Gasteiger charge is 2.47. The Balaban J connectivity index is 1.43. The maximum absolute atomic E-state index is 13.5. The SMILES string of the molecule is O=C1c2ccccc2OCC1(OC[C@H](O)CNCc1cccc(C(F)(F)F)c1)c1ccc(O)cc1. The number of aromatic hydroxyl groups is 1. The van der Waals surface area contributed by atoms with E-state index in [4.69, 9.17) is 9.47 Å². The molecule has 0 bridgehead atoms. The van der Waals surface area contributed by atoms with E-state index in [2.05, 4.69) is 5.32 Å². The molecule has 1 unspecified atom stereocenters. The number of aliphatic hydroxyl groups excluding tert-OH is 1. The number of rotatable bonds is 8. The smallest absolute Gasteiger partial charge is 0.416 e. The summed E-state index contributed by atoms with van der Waals surface area (Å²) in [5.41, 5.74) is -1.07. The van der Waals surface area contributed by atoms with Crippen molar-refractivity contribution in [2.75, 3.05) is 19.8 Å². The summed E-state index contributed by atoms with van der Waals surface area (Å²) in [6, 6.07) is 17.7. The van der Waals surface area contributed by atoms with Crippen molar-refractivity contribution < 1.29 is 37.7 Å². The average Bonchev–Trinajstić information content (AvgIpc) is 2.84. The molecule has 0 spiro atoms. The second-order valence-corrected chi connectivity index (χ2v) is 8.28. The molecule has 0 aliphatic carbocycles. The lowest BCUT2D eigenvalue weighted by Crippen LogP contribution is -2.49. The quantitative estimate of drug-likeness (QED) is 0.445. The molecular formula is C26H24F3NO5. The molecule has 6 nitrogen and oxygen atoms in total. The molecule has 0 fully saturated rings. The van der Waals surface area contributed by atoms with Gasteiger partial charge in [0.05, 0.1) is 23.8 Å². The van der Waals surface area contributed by atoms with Gasteiger partial charge in [-0.25, -0.2) is 0 Å². The van der Waals surface area contributed by atoms with Gasteiger partial charge >= 0.3 is 6.18 Å². The Labute approximate surface area is 199 Å². The zero-order chi connectivity index (χ0) is 25.1. The van der Waals surface area contributed by atoms with E-state index < -0.39 is 23.4 Å². The van der Waals surface area contributed by atoms with Crippen molar-refractivity contribution >= 4 is 5.78 Å². The molecule has 1 heterocycles. The summed E-state index contributed by atoms with van der Waals surface area (Å²) in [6.07, 6.45) is -5.49. The van der Waals surface area contributed by atoms with E-state index in [0.29, 0.717) is 22.4 Å². The second-order valence-electron chi connectivity index (χ2n) is 8.28. The van der Waals surface area contributed by atoms with E-state index in [9.17, 15) is 28.2 Å². The third-order valence-corrected chi connectivity index (χ3v) is 5.75. The van der Waals surface area contributed by atoms with Crippen molar-refractivity contribution in [1.29, 1.82) is 0 Å². The number of benzene rings is 3. The van der Waals surface area contributed by atoms with Crippen LogP contribution in [0.2, 0.25) is 0 Å². The summed E-state index contributed by atoms with van der Waals surface area (Å²) >= 11 is 0. The number of carbonyl (C=O) groups excluding carboxylic acids is 1. The molecule has 9 heteroatoms. The number of ketones is 1. The van der Waals surface area contributed by atoms with Gasteiger partial charge in [-0.1, -0.05) is 42.5 Å².